The molecule has 2 aromatic carbocycles. The first-order valence-corrected chi connectivity index (χ1v) is 6.52. The van der Waals surface area contributed by atoms with Crippen molar-refractivity contribution < 1.29 is 9.52 Å². The van der Waals surface area contributed by atoms with Crippen LogP contribution in [0.15, 0.2) is 52.9 Å². The van der Waals surface area contributed by atoms with Gasteiger partial charge in [-0.15, -0.1) is 0 Å². The Hall–Kier alpha value is -1.48. The van der Waals surface area contributed by atoms with Crippen molar-refractivity contribution in [1.82, 2.24) is 0 Å². The monoisotopic (exact) mass is 292 g/mol. The number of hydrogen-bond donors (Lipinski definition) is 1. The first-order chi connectivity index (χ1) is 9.15. The van der Waals surface area contributed by atoms with E-state index in [4.69, 9.17) is 27.6 Å². The van der Waals surface area contributed by atoms with Crippen molar-refractivity contribution in [2.75, 3.05) is 0 Å². The molecule has 19 heavy (non-hydrogen) atoms. The highest BCUT2D eigenvalue weighted by Crippen LogP contribution is 2.32. The highest BCUT2D eigenvalue weighted by atomic mass is 35.5. The van der Waals surface area contributed by atoms with Crippen molar-refractivity contribution in [2.24, 2.45) is 0 Å². The normalized spacial score (nSPS) is 12.8. The number of benzene rings is 2. The maximum absolute atomic E-state index is 10.3. The van der Waals surface area contributed by atoms with Gasteiger partial charge in [0.05, 0.1) is 5.02 Å². The van der Waals surface area contributed by atoms with Gasteiger partial charge in [-0.05, 0) is 29.8 Å². The van der Waals surface area contributed by atoms with Crippen LogP contribution in [0.1, 0.15) is 17.4 Å². The van der Waals surface area contributed by atoms with Gasteiger partial charge in [-0.2, -0.15) is 0 Å². The van der Waals surface area contributed by atoms with Crippen LogP contribution < -0.4 is 0 Å². The number of para-hydroxylation sites is 1. The summed E-state index contributed by atoms with van der Waals surface area (Å²) in [6.07, 6.45) is -0.833. The summed E-state index contributed by atoms with van der Waals surface area (Å²) in [5, 5.41) is 12.3. The lowest BCUT2D eigenvalue weighted by Crippen LogP contribution is -1.97. The molecule has 4 heteroatoms. The summed E-state index contributed by atoms with van der Waals surface area (Å²) in [7, 11) is 0. The van der Waals surface area contributed by atoms with Crippen LogP contribution in [0.3, 0.4) is 0 Å². The molecule has 0 amide bonds. The minimum Gasteiger partial charge on any atom is -0.456 e. The fourth-order valence-electron chi connectivity index (χ4n) is 1.99. The zero-order valence-corrected chi connectivity index (χ0v) is 11.3. The molecule has 0 radical (unpaired) electrons. The van der Waals surface area contributed by atoms with E-state index in [1.54, 1.807) is 36.4 Å². The van der Waals surface area contributed by atoms with E-state index in [2.05, 4.69) is 0 Å². The summed E-state index contributed by atoms with van der Waals surface area (Å²) in [6.45, 7) is 0. The molecule has 0 bridgehead atoms. The van der Waals surface area contributed by atoms with Crippen molar-refractivity contribution in [2.45, 2.75) is 6.10 Å². The Labute approximate surface area is 120 Å². The molecule has 0 aliphatic rings. The van der Waals surface area contributed by atoms with Gasteiger partial charge in [-0.3, -0.25) is 0 Å². The molecule has 1 unspecified atom stereocenters. The Balaban J connectivity index is 2.04. The smallest absolute Gasteiger partial charge is 0.153 e. The van der Waals surface area contributed by atoms with E-state index in [-0.39, 0.29) is 0 Å². The number of hydrogen-bond acceptors (Lipinski definition) is 2. The van der Waals surface area contributed by atoms with E-state index in [0.717, 1.165) is 10.9 Å². The van der Waals surface area contributed by atoms with Gasteiger partial charge < -0.3 is 9.52 Å². The van der Waals surface area contributed by atoms with Crippen LogP contribution >= 0.6 is 23.2 Å². The standard InChI is InChI=1S/C15H10Cl2O2/c16-11-6-4-9(5-7-11)14(18)13-8-10-2-1-3-12(17)15(10)19-13/h1-8,14,18H. The number of halogens is 2. The van der Waals surface area contributed by atoms with Crippen molar-refractivity contribution >= 4 is 34.2 Å². The second-order valence-corrected chi connectivity index (χ2v) is 5.10. The highest BCUT2D eigenvalue weighted by molar-refractivity contribution is 6.34. The van der Waals surface area contributed by atoms with Gasteiger partial charge in [0, 0.05) is 10.4 Å². The third-order valence-electron chi connectivity index (χ3n) is 2.97. The molecule has 1 atom stereocenters. The van der Waals surface area contributed by atoms with Crippen molar-refractivity contribution in [1.29, 1.82) is 0 Å². The van der Waals surface area contributed by atoms with Crippen LogP contribution in [0.25, 0.3) is 11.0 Å². The van der Waals surface area contributed by atoms with E-state index >= 15 is 0 Å². The molecule has 1 aromatic heterocycles. The fraction of sp³-hybridized carbons (Fsp3) is 0.0667. The zero-order valence-electron chi connectivity index (χ0n) is 9.81. The number of furan rings is 1. The zero-order chi connectivity index (χ0) is 13.4. The van der Waals surface area contributed by atoms with Gasteiger partial charge in [-0.25, -0.2) is 0 Å². The Morgan fingerprint density at radius 1 is 1.00 bits per heavy atom. The van der Waals surface area contributed by atoms with Gasteiger partial charge in [0.15, 0.2) is 5.58 Å². The maximum atomic E-state index is 10.3. The van der Waals surface area contributed by atoms with Crippen LogP contribution in [0.2, 0.25) is 10.0 Å². The molecule has 0 aliphatic carbocycles. The summed E-state index contributed by atoms with van der Waals surface area (Å²) in [5.74, 6) is 0.463. The van der Waals surface area contributed by atoms with E-state index in [9.17, 15) is 5.11 Å². The van der Waals surface area contributed by atoms with Crippen LogP contribution in [0.4, 0.5) is 0 Å². The second-order valence-electron chi connectivity index (χ2n) is 4.26. The molecule has 0 aliphatic heterocycles. The number of fused-ring (bicyclic) bond motifs is 1. The molecule has 0 spiro atoms. The summed E-state index contributed by atoms with van der Waals surface area (Å²) in [5.41, 5.74) is 1.31. The predicted molar refractivity (Wildman–Crippen MR) is 76.7 cm³/mol. The van der Waals surface area contributed by atoms with Gasteiger partial charge in [-0.1, -0.05) is 47.5 Å². The van der Waals surface area contributed by atoms with Gasteiger partial charge in [0.2, 0.25) is 0 Å². The Kier molecular flexibility index (Phi) is 3.23. The second kappa shape index (κ2) is 4.89. The van der Waals surface area contributed by atoms with Crippen molar-refractivity contribution in [3.8, 4) is 0 Å². The Morgan fingerprint density at radius 2 is 1.74 bits per heavy atom. The third kappa shape index (κ3) is 2.35. The minimum absolute atomic E-state index is 0.463. The lowest BCUT2D eigenvalue weighted by atomic mass is 10.1. The van der Waals surface area contributed by atoms with Gasteiger partial charge in [0.1, 0.15) is 11.9 Å². The Bertz CT molecular complexity index is 717. The van der Waals surface area contributed by atoms with Gasteiger partial charge in [0.25, 0.3) is 0 Å². The number of aliphatic hydroxyl groups is 1. The van der Waals surface area contributed by atoms with Crippen molar-refractivity contribution in [3.63, 3.8) is 0 Å². The fourth-order valence-corrected chi connectivity index (χ4v) is 2.34. The summed E-state index contributed by atoms with van der Waals surface area (Å²) < 4.78 is 5.63. The maximum Gasteiger partial charge on any atom is 0.153 e. The quantitative estimate of drug-likeness (QED) is 0.734. The molecule has 0 saturated heterocycles. The molecular weight excluding hydrogens is 283 g/mol. The Morgan fingerprint density at radius 3 is 2.42 bits per heavy atom. The summed E-state index contributed by atoms with van der Waals surface area (Å²) in [6, 6.07) is 14.3. The molecule has 96 valence electrons. The topological polar surface area (TPSA) is 33.4 Å². The first-order valence-electron chi connectivity index (χ1n) is 5.76. The van der Waals surface area contributed by atoms with E-state index < -0.39 is 6.10 Å². The van der Waals surface area contributed by atoms with E-state index in [0.29, 0.717) is 21.4 Å². The van der Waals surface area contributed by atoms with Crippen LogP contribution in [0, 0.1) is 0 Å². The average Bonchev–Trinajstić information content (AvgIpc) is 2.84. The largest absolute Gasteiger partial charge is 0.456 e. The highest BCUT2D eigenvalue weighted by Gasteiger charge is 2.16. The number of rotatable bonds is 2. The minimum atomic E-state index is -0.833. The molecule has 0 saturated carbocycles. The van der Waals surface area contributed by atoms with E-state index in [1.165, 1.54) is 0 Å². The average molecular weight is 293 g/mol. The third-order valence-corrected chi connectivity index (χ3v) is 3.52. The summed E-state index contributed by atoms with van der Waals surface area (Å²) in [4.78, 5) is 0. The lowest BCUT2D eigenvalue weighted by Gasteiger charge is -2.07. The molecule has 2 nitrogen and oxygen atoms in total. The SMILES string of the molecule is OC(c1ccc(Cl)cc1)c1cc2cccc(Cl)c2o1. The molecule has 0 fully saturated rings. The van der Waals surface area contributed by atoms with Crippen LogP contribution in [-0.2, 0) is 0 Å². The molecule has 3 rings (SSSR count). The predicted octanol–water partition coefficient (Wildman–Crippen LogP) is 4.82. The molecule has 1 N–H and O–H groups in total. The van der Waals surface area contributed by atoms with Crippen molar-refractivity contribution in [3.05, 3.63) is 69.9 Å². The molecule has 3 aromatic rings. The lowest BCUT2D eigenvalue weighted by molar-refractivity contribution is 0.192. The van der Waals surface area contributed by atoms with Crippen LogP contribution in [-0.4, -0.2) is 5.11 Å². The molecular formula is C15H10Cl2O2. The first kappa shape index (κ1) is 12.5. The number of aliphatic hydroxyl groups excluding tert-OH is 1. The molecule has 1 heterocycles. The van der Waals surface area contributed by atoms with E-state index in [1.807, 2.05) is 12.1 Å². The van der Waals surface area contributed by atoms with Gasteiger partial charge >= 0.3 is 0 Å². The summed E-state index contributed by atoms with van der Waals surface area (Å²) >= 11 is 11.9. The van der Waals surface area contributed by atoms with Crippen LogP contribution in [0.5, 0.6) is 0 Å².